The SMILES string of the molecule is CCCC1CCCC(CC)[Si]1(OCC)OCC. The van der Waals surface area contributed by atoms with E-state index < -0.39 is 8.56 Å². The van der Waals surface area contributed by atoms with E-state index in [0.717, 1.165) is 18.8 Å². The Morgan fingerprint density at radius 2 is 1.53 bits per heavy atom. The first kappa shape index (κ1) is 15.2. The van der Waals surface area contributed by atoms with Crippen molar-refractivity contribution >= 4 is 8.56 Å². The highest BCUT2D eigenvalue weighted by Crippen LogP contribution is 2.49. The van der Waals surface area contributed by atoms with E-state index in [9.17, 15) is 0 Å². The van der Waals surface area contributed by atoms with Gasteiger partial charge in [-0.1, -0.05) is 33.1 Å². The molecule has 1 saturated heterocycles. The maximum absolute atomic E-state index is 6.30. The van der Waals surface area contributed by atoms with E-state index in [0.29, 0.717) is 5.54 Å². The maximum Gasteiger partial charge on any atom is 0.344 e. The fourth-order valence-electron chi connectivity index (χ4n) is 3.49. The molecule has 17 heavy (non-hydrogen) atoms. The van der Waals surface area contributed by atoms with Crippen LogP contribution in [-0.4, -0.2) is 21.8 Å². The molecule has 0 radical (unpaired) electrons. The van der Waals surface area contributed by atoms with Gasteiger partial charge in [0, 0.05) is 24.3 Å². The molecule has 3 heteroatoms. The normalized spacial score (nSPS) is 28.2. The molecule has 1 fully saturated rings. The van der Waals surface area contributed by atoms with Gasteiger partial charge in [0.05, 0.1) is 0 Å². The Balaban J connectivity index is 2.90. The molecule has 2 atom stereocenters. The summed E-state index contributed by atoms with van der Waals surface area (Å²) in [6.45, 7) is 10.5. The van der Waals surface area contributed by atoms with E-state index in [1.807, 2.05) is 0 Å². The third-order valence-corrected chi connectivity index (χ3v) is 9.14. The van der Waals surface area contributed by atoms with Crippen molar-refractivity contribution in [3.8, 4) is 0 Å². The Labute approximate surface area is 108 Å². The lowest BCUT2D eigenvalue weighted by Crippen LogP contribution is -2.53. The van der Waals surface area contributed by atoms with Crippen LogP contribution in [0.25, 0.3) is 0 Å². The molecule has 0 N–H and O–H groups in total. The van der Waals surface area contributed by atoms with Crippen molar-refractivity contribution in [1.29, 1.82) is 0 Å². The fraction of sp³-hybridized carbons (Fsp3) is 1.00. The molecule has 1 aliphatic heterocycles. The van der Waals surface area contributed by atoms with E-state index >= 15 is 0 Å². The molecule has 0 aromatic carbocycles. The van der Waals surface area contributed by atoms with Gasteiger partial charge >= 0.3 is 8.56 Å². The fourth-order valence-corrected chi connectivity index (χ4v) is 8.56. The van der Waals surface area contributed by atoms with Crippen molar-refractivity contribution < 1.29 is 8.85 Å². The molecule has 0 amide bonds. The highest BCUT2D eigenvalue weighted by molar-refractivity contribution is 6.70. The highest BCUT2D eigenvalue weighted by atomic mass is 28.4. The Morgan fingerprint density at radius 3 is 2.00 bits per heavy atom. The Hall–Kier alpha value is 0.137. The van der Waals surface area contributed by atoms with Crippen LogP contribution in [0.5, 0.6) is 0 Å². The first-order chi connectivity index (χ1) is 8.25. The van der Waals surface area contributed by atoms with Crippen LogP contribution in [0.2, 0.25) is 11.1 Å². The zero-order chi connectivity index (χ0) is 12.7. The van der Waals surface area contributed by atoms with Crippen LogP contribution in [0.1, 0.15) is 66.2 Å². The lowest BCUT2D eigenvalue weighted by Gasteiger charge is -2.45. The van der Waals surface area contributed by atoms with E-state index in [4.69, 9.17) is 8.85 Å². The molecule has 0 spiro atoms. The molecule has 0 aromatic heterocycles. The second kappa shape index (κ2) is 7.55. The maximum atomic E-state index is 6.30. The summed E-state index contributed by atoms with van der Waals surface area (Å²) in [5.41, 5.74) is 1.44. The van der Waals surface area contributed by atoms with Crippen molar-refractivity contribution in [3.63, 3.8) is 0 Å². The predicted octanol–water partition coefficient (Wildman–Crippen LogP) is 4.64. The number of rotatable bonds is 7. The van der Waals surface area contributed by atoms with Crippen molar-refractivity contribution in [3.05, 3.63) is 0 Å². The molecule has 1 aliphatic rings. The van der Waals surface area contributed by atoms with Crippen molar-refractivity contribution in [2.75, 3.05) is 13.2 Å². The number of hydrogen-bond acceptors (Lipinski definition) is 2. The number of hydrogen-bond donors (Lipinski definition) is 0. The van der Waals surface area contributed by atoms with Gasteiger partial charge in [-0.15, -0.1) is 0 Å². The topological polar surface area (TPSA) is 18.5 Å². The van der Waals surface area contributed by atoms with Crippen LogP contribution in [0.3, 0.4) is 0 Å². The monoisotopic (exact) mass is 258 g/mol. The van der Waals surface area contributed by atoms with Gasteiger partial charge in [-0.05, 0) is 33.1 Å². The molecule has 1 rings (SSSR count). The highest BCUT2D eigenvalue weighted by Gasteiger charge is 2.52. The summed E-state index contributed by atoms with van der Waals surface area (Å²) in [6.07, 6.45) is 7.81. The predicted molar refractivity (Wildman–Crippen MR) is 75.6 cm³/mol. The van der Waals surface area contributed by atoms with Gasteiger partial charge in [-0.3, -0.25) is 0 Å². The molecule has 0 aromatic rings. The summed E-state index contributed by atoms with van der Waals surface area (Å²) in [5, 5.41) is 0. The van der Waals surface area contributed by atoms with E-state index in [1.54, 1.807) is 0 Å². The van der Waals surface area contributed by atoms with E-state index in [2.05, 4.69) is 27.7 Å². The summed E-state index contributed by atoms with van der Waals surface area (Å²) >= 11 is 0. The van der Waals surface area contributed by atoms with Crippen LogP contribution in [0, 0.1) is 0 Å². The largest absolute Gasteiger partial charge is 0.394 e. The van der Waals surface area contributed by atoms with Crippen LogP contribution in [-0.2, 0) is 8.85 Å². The van der Waals surface area contributed by atoms with Crippen molar-refractivity contribution in [2.45, 2.75) is 77.3 Å². The molecule has 2 unspecified atom stereocenters. The zero-order valence-electron chi connectivity index (χ0n) is 12.1. The van der Waals surface area contributed by atoms with Crippen LogP contribution < -0.4 is 0 Å². The summed E-state index contributed by atoms with van der Waals surface area (Å²) < 4.78 is 12.6. The first-order valence-corrected chi connectivity index (χ1v) is 9.50. The molecule has 102 valence electrons. The van der Waals surface area contributed by atoms with Gasteiger partial charge in [0.2, 0.25) is 0 Å². The molecule has 1 heterocycles. The molecule has 2 nitrogen and oxygen atoms in total. The van der Waals surface area contributed by atoms with Crippen LogP contribution >= 0.6 is 0 Å². The Morgan fingerprint density at radius 1 is 0.941 bits per heavy atom. The lowest BCUT2D eigenvalue weighted by molar-refractivity contribution is 0.145. The summed E-state index contributed by atoms with van der Waals surface area (Å²) in [5.74, 6) is 0. The van der Waals surface area contributed by atoms with E-state index in [-0.39, 0.29) is 0 Å². The second-order valence-electron chi connectivity index (χ2n) is 5.11. The van der Waals surface area contributed by atoms with E-state index in [1.165, 1.54) is 38.5 Å². The average Bonchev–Trinajstić information content (AvgIpc) is 2.33. The smallest absolute Gasteiger partial charge is 0.344 e. The Kier molecular flexibility index (Phi) is 6.74. The lowest BCUT2D eigenvalue weighted by atomic mass is 10.1. The minimum Gasteiger partial charge on any atom is -0.394 e. The van der Waals surface area contributed by atoms with Gasteiger partial charge < -0.3 is 8.85 Å². The molecule has 0 aliphatic carbocycles. The minimum atomic E-state index is -1.96. The molecule has 0 bridgehead atoms. The van der Waals surface area contributed by atoms with Gasteiger partial charge in [0.15, 0.2) is 0 Å². The van der Waals surface area contributed by atoms with Gasteiger partial charge in [0.1, 0.15) is 0 Å². The summed E-state index contributed by atoms with van der Waals surface area (Å²) in [6, 6.07) is 0. The van der Waals surface area contributed by atoms with Crippen LogP contribution in [0.15, 0.2) is 0 Å². The molecular formula is C14H30O2Si. The third-order valence-electron chi connectivity index (χ3n) is 4.11. The summed E-state index contributed by atoms with van der Waals surface area (Å²) in [7, 11) is -1.96. The minimum absolute atomic E-state index is 0.715. The summed E-state index contributed by atoms with van der Waals surface area (Å²) in [4.78, 5) is 0. The average molecular weight is 258 g/mol. The molecule has 0 saturated carbocycles. The quantitative estimate of drug-likeness (QED) is 0.620. The van der Waals surface area contributed by atoms with Crippen LogP contribution in [0.4, 0.5) is 0 Å². The van der Waals surface area contributed by atoms with Gasteiger partial charge in [-0.2, -0.15) is 0 Å². The van der Waals surface area contributed by atoms with Gasteiger partial charge in [0.25, 0.3) is 0 Å². The van der Waals surface area contributed by atoms with Gasteiger partial charge in [-0.25, -0.2) is 0 Å². The molecular weight excluding hydrogens is 228 g/mol. The zero-order valence-corrected chi connectivity index (χ0v) is 13.1. The third kappa shape index (κ3) is 3.33. The Bertz CT molecular complexity index is 200. The first-order valence-electron chi connectivity index (χ1n) is 7.52. The van der Waals surface area contributed by atoms with Crippen molar-refractivity contribution in [2.24, 2.45) is 0 Å². The van der Waals surface area contributed by atoms with Crippen molar-refractivity contribution in [1.82, 2.24) is 0 Å². The second-order valence-corrected chi connectivity index (χ2v) is 8.76. The standard InChI is InChI=1S/C14H30O2Si/c1-5-10-14-12-9-11-13(6-2)17(14,15-7-3)16-8-4/h13-14H,5-12H2,1-4H3.